The molecular formula is C26H34Br2N2O2. The number of hydrogen-bond acceptors (Lipinski definition) is 2. The highest BCUT2D eigenvalue weighted by Gasteiger charge is 2.28. The Morgan fingerprint density at radius 1 is 0.688 bits per heavy atom. The van der Waals surface area contributed by atoms with Gasteiger partial charge in [-0.2, -0.15) is 0 Å². The smallest absolute Gasteiger partial charge is 0.141 e. The predicted molar refractivity (Wildman–Crippen MR) is 122 cm³/mol. The average molecular weight is 566 g/mol. The van der Waals surface area contributed by atoms with Crippen molar-refractivity contribution in [1.82, 2.24) is 0 Å². The molecule has 2 aliphatic rings. The Labute approximate surface area is 215 Å². The molecule has 2 saturated heterocycles. The third-order valence-electron chi connectivity index (χ3n) is 6.05. The highest BCUT2D eigenvalue weighted by atomic mass is 79.9. The van der Waals surface area contributed by atoms with Crippen molar-refractivity contribution in [1.29, 1.82) is 0 Å². The molecule has 0 atom stereocenters. The summed E-state index contributed by atoms with van der Waals surface area (Å²) in [6.45, 7) is 18.7. The Morgan fingerprint density at radius 3 is 1.34 bits per heavy atom. The quantitative estimate of drug-likeness (QED) is 0.202. The number of nitrogens with zero attached hydrogens (tertiary/aromatic N) is 2. The molecule has 0 aromatic heterocycles. The van der Waals surface area contributed by atoms with Gasteiger partial charge in [0.25, 0.3) is 0 Å². The Kier molecular flexibility index (Phi) is 13.2. The second-order valence-corrected chi connectivity index (χ2v) is 8.24. The average Bonchev–Trinajstić information content (AvgIpc) is 2.77. The fourth-order valence-corrected chi connectivity index (χ4v) is 4.07. The largest absolute Gasteiger partial charge is 1.00 e. The van der Waals surface area contributed by atoms with E-state index in [9.17, 15) is 0 Å². The lowest BCUT2D eigenvalue weighted by molar-refractivity contribution is -0.923. The third-order valence-corrected chi connectivity index (χ3v) is 6.05. The zero-order valence-corrected chi connectivity index (χ0v) is 22.0. The molecule has 32 heavy (non-hydrogen) atoms. The maximum absolute atomic E-state index is 5.52. The molecule has 174 valence electrons. The van der Waals surface area contributed by atoms with E-state index in [-0.39, 0.29) is 34.0 Å². The summed E-state index contributed by atoms with van der Waals surface area (Å²) in [5.74, 6) is 13.4. The summed E-state index contributed by atoms with van der Waals surface area (Å²) in [6, 6.07) is 8.27. The van der Waals surface area contributed by atoms with Gasteiger partial charge in [0.15, 0.2) is 0 Å². The molecule has 0 amide bonds. The molecule has 0 spiro atoms. The molecule has 2 heterocycles. The van der Waals surface area contributed by atoms with Gasteiger partial charge in [0.2, 0.25) is 0 Å². The molecule has 2 aliphatic heterocycles. The first-order valence-corrected chi connectivity index (χ1v) is 10.8. The lowest BCUT2D eigenvalue weighted by Crippen LogP contribution is -3.00. The molecule has 0 N–H and O–H groups in total. The van der Waals surface area contributed by atoms with Gasteiger partial charge in [0.1, 0.15) is 39.3 Å². The van der Waals surface area contributed by atoms with Crippen LogP contribution in [0.5, 0.6) is 0 Å². The number of halogens is 2. The summed E-state index contributed by atoms with van der Waals surface area (Å²) in [6.07, 6.45) is 4.00. The number of morpholine rings is 2. The van der Waals surface area contributed by atoms with Gasteiger partial charge in [0, 0.05) is 11.1 Å². The molecule has 0 saturated carbocycles. The van der Waals surface area contributed by atoms with Crippen LogP contribution < -0.4 is 34.0 Å². The van der Waals surface area contributed by atoms with Crippen molar-refractivity contribution in [3.8, 4) is 23.7 Å². The Bertz CT molecular complexity index is 764. The van der Waals surface area contributed by atoms with Crippen LogP contribution in [0.25, 0.3) is 0 Å². The lowest BCUT2D eigenvalue weighted by atomic mass is 10.1. The Balaban J connectivity index is 0.00000256. The zero-order valence-electron chi connectivity index (χ0n) is 18.8. The van der Waals surface area contributed by atoms with Crippen molar-refractivity contribution < 1.29 is 52.4 Å². The second kappa shape index (κ2) is 14.7. The van der Waals surface area contributed by atoms with Gasteiger partial charge < -0.3 is 52.4 Å². The van der Waals surface area contributed by atoms with Crippen LogP contribution in [-0.2, 0) is 9.47 Å². The molecule has 4 nitrogen and oxygen atoms in total. The van der Waals surface area contributed by atoms with Crippen LogP contribution >= 0.6 is 0 Å². The standard InChI is InChI=1S/C26H34N2O2.2BrH/c1-3-13-27(17-21-29-22-18-27)15-5-7-25-9-11-26(12-10-25)8-6-16-28(14-4-2)19-23-30-24-20-28;;/h3-4,9-12H,1-2,13-24H2;2*1H/q+2;;/p-2. The Hall–Kier alpha value is -1.38. The maximum Gasteiger partial charge on any atom is 0.141 e. The number of quaternary nitrogens is 2. The first-order valence-electron chi connectivity index (χ1n) is 10.8. The van der Waals surface area contributed by atoms with Crippen LogP contribution in [-0.4, -0.2) is 87.8 Å². The Morgan fingerprint density at radius 2 is 1.03 bits per heavy atom. The van der Waals surface area contributed by atoms with Crippen molar-refractivity contribution >= 4 is 0 Å². The molecule has 6 heteroatoms. The maximum atomic E-state index is 5.52. The van der Waals surface area contributed by atoms with Crippen LogP contribution in [0.1, 0.15) is 11.1 Å². The summed E-state index contributed by atoms with van der Waals surface area (Å²) in [7, 11) is 0. The number of rotatable bonds is 6. The highest BCUT2D eigenvalue weighted by molar-refractivity contribution is 5.41. The van der Waals surface area contributed by atoms with Gasteiger partial charge in [0.05, 0.1) is 39.5 Å². The second-order valence-electron chi connectivity index (χ2n) is 8.24. The van der Waals surface area contributed by atoms with Crippen LogP contribution in [0, 0.1) is 23.7 Å². The van der Waals surface area contributed by atoms with Crippen molar-refractivity contribution in [3.05, 3.63) is 60.7 Å². The molecule has 1 aromatic carbocycles. The van der Waals surface area contributed by atoms with Crippen molar-refractivity contribution in [2.24, 2.45) is 0 Å². The van der Waals surface area contributed by atoms with E-state index in [4.69, 9.17) is 9.47 Å². The normalized spacial score (nSPS) is 18.2. The van der Waals surface area contributed by atoms with Gasteiger partial charge in [-0.25, -0.2) is 0 Å². The van der Waals surface area contributed by atoms with E-state index in [1.165, 1.54) is 0 Å². The van der Waals surface area contributed by atoms with E-state index in [2.05, 4.69) is 61.1 Å². The first-order chi connectivity index (χ1) is 14.7. The minimum atomic E-state index is 0. The van der Waals surface area contributed by atoms with E-state index in [1.807, 2.05) is 12.2 Å². The van der Waals surface area contributed by atoms with Gasteiger partial charge >= 0.3 is 0 Å². The molecular weight excluding hydrogens is 532 g/mol. The van der Waals surface area contributed by atoms with Gasteiger partial charge in [-0.15, -0.1) is 0 Å². The molecule has 0 unspecified atom stereocenters. The van der Waals surface area contributed by atoms with E-state index in [0.717, 1.165) is 98.9 Å². The van der Waals surface area contributed by atoms with Gasteiger partial charge in [-0.3, -0.25) is 0 Å². The summed E-state index contributed by atoms with van der Waals surface area (Å²) in [5.41, 5.74) is 2.07. The monoisotopic (exact) mass is 564 g/mol. The topological polar surface area (TPSA) is 18.5 Å². The summed E-state index contributed by atoms with van der Waals surface area (Å²) in [5, 5.41) is 0. The van der Waals surface area contributed by atoms with Crippen LogP contribution in [0.3, 0.4) is 0 Å². The van der Waals surface area contributed by atoms with E-state index in [1.54, 1.807) is 0 Å². The van der Waals surface area contributed by atoms with Crippen LogP contribution in [0.4, 0.5) is 0 Å². The summed E-state index contributed by atoms with van der Waals surface area (Å²) in [4.78, 5) is 0. The molecule has 0 aliphatic carbocycles. The molecule has 3 rings (SSSR count). The van der Waals surface area contributed by atoms with E-state index in [0.29, 0.717) is 0 Å². The van der Waals surface area contributed by atoms with Crippen LogP contribution in [0.2, 0.25) is 0 Å². The summed E-state index contributed by atoms with van der Waals surface area (Å²) >= 11 is 0. The SMILES string of the molecule is C=CC[N+]1(CC#Cc2ccc(C#CC[N+]3(CC=C)CCOCC3)cc2)CCOCC1.[Br-].[Br-]. The third kappa shape index (κ3) is 8.52. The number of benzene rings is 1. The van der Waals surface area contributed by atoms with E-state index < -0.39 is 0 Å². The molecule has 0 bridgehead atoms. The molecule has 0 radical (unpaired) electrons. The van der Waals surface area contributed by atoms with E-state index >= 15 is 0 Å². The lowest BCUT2D eigenvalue weighted by Gasteiger charge is -2.39. The molecule has 2 fully saturated rings. The fraction of sp³-hybridized carbons (Fsp3) is 0.462. The summed E-state index contributed by atoms with van der Waals surface area (Å²) < 4.78 is 12.9. The van der Waals surface area contributed by atoms with Crippen LogP contribution in [0.15, 0.2) is 49.6 Å². The number of ether oxygens (including phenoxy) is 2. The van der Waals surface area contributed by atoms with Gasteiger partial charge in [-0.05, 0) is 48.3 Å². The first kappa shape index (κ1) is 28.7. The predicted octanol–water partition coefficient (Wildman–Crippen LogP) is -3.54. The van der Waals surface area contributed by atoms with Crippen molar-refractivity contribution in [2.45, 2.75) is 0 Å². The van der Waals surface area contributed by atoms with Gasteiger partial charge in [-0.1, -0.05) is 25.0 Å². The van der Waals surface area contributed by atoms with Crippen molar-refractivity contribution in [2.75, 3.05) is 78.8 Å². The zero-order chi connectivity index (χ0) is 21.1. The number of hydrogen-bond donors (Lipinski definition) is 0. The highest BCUT2D eigenvalue weighted by Crippen LogP contribution is 2.12. The minimum absolute atomic E-state index is 0. The van der Waals surface area contributed by atoms with Crippen molar-refractivity contribution in [3.63, 3.8) is 0 Å². The fourth-order valence-electron chi connectivity index (χ4n) is 4.07. The minimum Gasteiger partial charge on any atom is -1.00 e. The molecule has 1 aromatic rings.